The van der Waals surface area contributed by atoms with Crippen LogP contribution in [0.5, 0.6) is 0 Å². The number of nitrogens with zero attached hydrogens (tertiary/aromatic N) is 2. The van der Waals surface area contributed by atoms with Crippen molar-refractivity contribution in [2.24, 2.45) is 5.92 Å². The van der Waals surface area contributed by atoms with Gasteiger partial charge in [-0.15, -0.1) is 11.3 Å². The molecule has 28 heavy (non-hydrogen) atoms. The van der Waals surface area contributed by atoms with Gasteiger partial charge in [-0.3, -0.25) is 9.59 Å². The summed E-state index contributed by atoms with van der Waals surface area (Å²) in [5.74, 6) is -0.162. The molecule has 0 aliphatic carbocycles. The second kappa shape index (κ2) is 10.4. The second-order valence-corrected chi connectivity index (χ2v) is 8.67. The molecule has 1 aromatic carbocycles. The minimum Gasteiger partial charge on any atom is -0.333 e. The molecular formula is C22H29FN2O2S. The minimum atomic E-state index is -0.299. The van der Waals surface area contributed by atoms with Crippen LogP contribution in [-0.4, -0.2) is 34.7 Å². The Kier molecular flexibility index (Phi) is 8.18. The zero-order chi connectivity index (χ0) is 20.7. The largest absolute Gasteiger partial charge is 0.333 e. The lowest BCUT2D eigenvalue weighted by Gasteiger charge is -2.28. The van der Waals surface area contributed by atoms with Crippen LogP contribution in [0.1, 0.15) is 42.5 Å². The van der Waals surface area contributed by atoms with Crippen LogP contribution in [-0.2, 0) is 22.7 Å². The molecule has 0 fully saturated rings. The first kappa shape index (κ1) is 22.1. The van der Waals surface area contributed by atoms with Gasteiger partial charge in [-0.05, 0) is 42.7 Å². The van der Waals surface area contributed by atoms with Gasteiger partial charge in [-0.25, -0.2) is 4.39 Å². The number of hydrogen-bond acceptors (Lipinski definition) is 3. The molecule has 2 aromatic rings. The molecule has 0 saturated carbocycles. The van der Waals surface area contributed by atoms with Gasteiger partial charge in [-0.1, -0.05) is 32.4 Å². The molecule has 0 radical (unpaired) electrons. The van der Waals surface area contributed by atoms with E-state index in [2.05, 4.69) is 13.8 Å². The molecule has 1 heterocycles. The number of aryl methyl sites for hydroxylation is 1. The van der Waals surface area contributed by atoms with E-state index in [0.29, 0.717) is 25.6 Å². The summed E-state index contributed by atoms with van der Waals surface area (Å²) in [5, 5.41) is 0. The summed E-state index contributed by atoms with van der Waals surface area (Å²) in [4.78, 5) is 30.7. The number of rotatable bonds is 9. The molecule has 0 saturated heterocycles. The van der Waals surface area contributed by atoms with E-state index in [-0.39, 0.29) is 24.2 Å². The number of amides is 2. The Labute approximate surface area is 171 Å². The zero-order valence-corrected chi connectivity index (χ0v) is 17.9. The highest BCUT2D eigenvalue weighted by Crippen LogP contribution is 2.19. The smallest absolute Gasteiger partial charge is 0.242 e. The standard InChI is InChI=1S/C22H29FN2O2S/c1-5-16(2)12-24(18(4)26)15-22(27)25(14-21-11-6-17(3)28-21)13-19-7-9-20(23)10-8-19/h6-11,16H,5,12-15H2,1-4H3/t16-/m0/s1. The fourth-order valence-electron chi connectivity index (χ4n) is 2.87. The Morgan fingerprint density at radius 1 is 1.07 bits per heavy atom. The van der Waals surface area contributed by atoms with Crippen molar-refractivity contribution >= 4 is 23.2 Å². The maximum absolute atomic E-state index is 13.2. The fourth-order valence-corrected chi connectivity index (χ4v) is 3.78. The molecule has 0 unspecified atom stereocenters. The van der Waals surface area contributed by atoms with E-state index in [0.717, 1.165) is 16.9 Å². The third kappa shape index (κ3) is 6.75. The summed E-state index contributed by atoms with van der Waals surface area (Å²) >= 11 is 1.65. The van der Waals surface area contributed by atoms with Gasteiger partial charge in [0.1, 0.15) is 5.82 Å². The van der Waals surface area contributed by atoms with Crippen molar-refractivity contribution in [1.29, 1.82) is 0 Å². The molecule has 152 valence electrons. The van der Waals surface area contributed by atoms with Crippen LogP contribution >= 0.6 is 11.3 Å². The average molecular weight is 405 g/mol. The van der Waals surface area contributed by atoms with E-state index in [1.165, 1.54) is 23.9 Å². The van der Waals surface area contributed by atoms with E-state index in [1.54, 1.807) is 33.3 Å². The van der Waals surface area contributed by atoms with Gasteiger partial charge in [0.2, 0.25) is 11.8 Å². The highest BCUT2D eigenvalue weighted by atomic mass is 32.1. The first-order chi connectivity index (χ1) is 13.3. The van der Waals surface area contributed by atoms with Gasteiger partial charge < -0.3 is 9.80 Å². The normalized spacial score (nSPS) is 11.9. The molecule has 0 spiro atoms. The predicted octanol–water partition coefficient (Wildman–Crippen LogP) is 4.62. The van der Waals surface area contributed by atoms with Gasteiger partial charge in [0.15, 0.2) is 0 Å². The Hall–Kier alpha value is -2.21. The summed E-state index contributed by atoms with van der Waals surface area (Å²) in [5.41, 5.74) is 0.860. The highest BCUT2D eigenvalue weighted by molar-refractivity contribution is 7.11. The molecule has 2 amide bonds. The summed E-state index contributed by atoms with van der Waals surface area (Å²) in [6.07, 6.45) is 0.950. The number of hydrogen-bond donors (Lipinski definition) is 0. The van der Waals surface area contributed by atoms with Crippen LogP contribution in [0.2, 0.25) is 0 Å². The third-order valence-electron chi connectivity index (χ3n) is 4.78. The van der Waals surface area contributed by atoms with Crippen molar-refractivity contribution < 1.29 is 14.0 Å². The Bertz CT molecular complexity index is 788. The molecule has 0 aliphatic rings. The van der Waals surface area contributed by atoms with Crippen LogP contribution in [0.15, 0.2) is 36.4 Å². The molecule has 2 rings (SSSR count). The van der Waals surface area contributed by atoms with Crippen molar-refractivity contribution in [3.8, 4) is 0 Å². The minimum absolute atomic E-state index is 0.0607. The molecule has 0 bridgehead atoms. The first-order valence-corrected chi connectivity index (χ1v) is 10.4. The third-order valence-corrected chi connectivity index (χ3v) is 5.77. The average Bonchev–Trinajstić information content (AvgIpc) is 3.06. The summed E-state index contributed by atoms with van der Waals surface area (Å²) < 4.78 is 13.2. The second-order valence-electron chi connectivity index (χ2n) is 7.30. The van der Waals surface area contributed by atoms with Crippen LogP contribution in [0.4, 0.5) is 4.39 Å². The molecule has 6 heteroatoms. The summed E-state index contributed by atoms with van der Waals surface area (Å²) in [6, 6.07) is 10.2. The number of carbonyl (C=O) groups is 2. The zero-order valence-electron chi connectivity index (χ0n) is 17.1. The van der Waals surface area contributed by atoms with Gasteiger partial charge >= 0.3 is 0 Å². The van der Waals surface area contributed by atoms with E-state index >= 15 is 0 Å². The fraction of sp³-hybridized carbons (Fsp3) is 0.455. The van der Waals surface area contributed by atoms with E-state index in [9.17, 15) is 14.0 Å². The first-order valence-electron chi connectivity index (χ1n) is 9.61. The van der Waals surface area contributed by atoms with Crippen molar-refractivity contribution in [2.75, 3.05) is 13.1 Å². The Balaban J connectivity index is 2.16. The number of thiophene rings is 1. The van der Waals surface area contributed by atoms with Gasteiger partial charge in [0.05, 0.1) is 13.1 Å². The van der Waals surface area contributed by atoms with Crippen molar-refractivity contribution in [1.82, 2.24) is 9.80 Å². The molecule has 4 nitrogen and oxygen atoms in total. The van der Waals surface area contributed by atoms with Crippen molar-refractivity contribution in [3.63, 3.8) is 0 Å². The summed E-state index contributed by atoms with van der Waals surface area (Å²) in [6.45, 7) is 9.17. The molecule has 0 N–H and O–H groups in total. The Morgan fingerprint density at radius 3 is 2.29 bits per heavy atom. The van der Waals surface area contributed by atoms with Crippen LogP contribution in [0.3, 0.4) is 0 Å². The lowest BCUT2D eigenvalue weighted by Crippen LogP contribution is -2.43. The number of benzene rings is 1. The van der Waals surface area contributed by atoms with E-state index < -0.39 is 0 Å². The van der Waals surface area contributed by atoms with Gasteiger partial charge in [0, 0.05) is 29.8 Å². The van der Waals surface area contributed by atoms with Crippen LogP contribution in [0.25, 0.3) is 0 Å². The summed E-state index contributed by atoms with van der Waals surface area (Å²) in [7, 11) is 0. The number of halogens is 1. The maximum Gasteiger partial charge on any atom is 0.242 e. The Morgan fingerprint density at radius 2 is 1.75 bits per heavy atom. The topological polar surface area (TPSA) is 40.6 Å². The molecule has 0 aliphatic heterocycles. The SMILES string of the molecule is CC[C@H](C)CN(CC(=O)N(Cc1ccc(F)cc1)Cc1ccc(C)s1)C(C)=O. The maximum atomic E-state index is 13.2. The monoisotopic (exact) mass is 404 g/mol. The quantitative estimate of drug-likeness (QED) is 0.612. The number of carbonyl (C=O) groups excluding carboxylic acids is 2. The van der Waals surface area contributed by atoms with Crippen molar-refractivity contribution in [2.45, 2.75) is 47.2 Å². The van der Waals surface area contributed by atoms with Crippen molar-refractivity contribution in [3.05, 3.63) is 57.5 Å². The van der Waals surface area contributed by atoms with Crippen LogP contribution in [0, 0.1) is 18.7 Å². The van der Waals surface area contributed by atoms with Gasteiger partial charge in [0.25, 0.3) is 0 Å². The molecule has 1 aromatic heterocycles. The van der Waals surface area contributed by atoms with E-state index in [1.807, 2.05) is 19.1 Å². The van der Waals surface area contributed by atoms with Crippen LogP contribution < -0.4 is 0 Å². The lowest BCUT2D eigenvalue weighted by atomic mass is 10.1. The van der Waals surface area contributed by atoms with Gasteiger partial charge in [-0.2, -0.15) is 0 Å². The highest BCUT2D eigenvalue weighted by Gasteiger charge is 2.21. The molecular weight excluding hydrogens is 375 g/mol. The lowest BCUT2D eigenvalue weighted by molar-refractivity contribution is -0.140. The predicted molar refractivity (Wildman–Crippen MR) is 111 cm³/mol. The molecule has 1 atom stereocenters. The van der Waals surface area contributed by atoms with E-state index in [4.69, 9.17) is 0 Å².